The molecule has 0 aromatic heterocycles. The van der Waals surface area contributed by atoms with Gasteiger partial charge in [-0.05, 0) is 59.9 Å². The van der Waals surface area contributed by atoms with Crippen molar-refractivity contribution in [2.45, 2.75) is 32.4 Å². The third-order valence-electron chi connectivity index (χ3n) is 4.89. The molecule has 0 radical (unpaired) electrons. The maximum absolute atomic E-state index is 14.0. The molecular formula is C20H20F3N3O2. The summed E-state index contributed by atoms with van der Waals surface area (Å²) in [5.74, 6) is -0.787. The molecule has 0 aliphatic carbocycles. The molecule has 28 heavy (non-hydrogen) atoms. The minimum atomic E-state index is -2.96. The monoisotopic (exact) mass is 391 g/mol. The van der Waals surface area contributed by atoms with Gasteiger partial charge in [0.15, 0.2) is 11.5 Å². The maximum atomic E-state index is 14.0. The van der Waals surface area contributed by atoms with Crippen LogP contribution in [0.2, 0.25) is 0 Å². The Kier molecular flexibility index (Phi) is 5.06. The number of guanidine groups is 1. The number of nitrogens with two attached hydrogens (primary N) is 1. The van der Waals surface area contributed by atoms with Crippen LogP contribution in [0.5, 0.6) is 5.75 Å². The largest absolute Gasteiger partial charge is 0.435 e. The molecule has 0 fully saturated rings. The van der Waals surface area contributed by atoms with Gasteiger partial charge in [-0.25, -0.2) is 9.38 Å². The number of ether oxygens (including phenoxy) is 1. The molecule has 5 nitrogen and oxygen atoms in total. The fourth-order valence-corrected chi connectivity index (χ4v) is 3.36. The molecule has 1 aliphatic heterocycles. The Morgan fingerprint density at radius 1 is 1.21 bits per heavy atom. The molecule has 0 spiro atoms. The summed E-state index contributed by atoms with van der Waals surface area (Å²) in [6, 6.07) is 8.77. The summed E-state index contributed by atoms with van der Waals surface area (Å²) in [4.78, 5) is 18.8. The van der Waals surface area contributed by atoms with E-state index >= 15 is 0 Å². The Labute approximate surface area is 160 Å². The lowest BCUT2D eigenvalue weighted by Gasteiger charge is -2.27. The number of likely N-dealkylation sites (N-methyl/N-ethyl adjacent to an activating group) is 1. The molecule has 1 atom stereocenters. The molecule has 1 heterocycles. The summed E-state index contributed by atoms with van der Waals surface area (Å²) in [5.41, 5.74) is 6.11. The average Bonchev–Trinajstić information content (AvgIpc) is 2.88. The zero-order valence-electron chi connectivity index (χ0n) is 15.7. The van der Waals surface area contributed by atoms with E-state index in [0.29, 0.717) is 28.7 Å². The Bertz CT molecular complexity index is 962. The van der Waals surface area contributed by atoms with Crippen LogP contribution in [0.25, 0.3) is 0 Å². The summed E-state index contributed by atoms with van der Waals surface area (Å²) in [5, 5.41) is 0. The van der Waals surface area contributed by atoms with Crippen molar-refractivity contribution in [1.29, 1.82) is 0 Å². The van der Waals surface area contributed by atoms with Gasteiger partial charge in [0.2, 0.25) is 0 Å². The lowest BCUT2D eigenvalue weighted by Crippen LogP contribution is -2.41. The predicted octanol–water partition coefficient (Wildman–Crippen LogP) is 3.33. The van der Waals surface area contributed by atoms with E-state index in [9.17, 15) is 18.0 Å². The molecule has 1 amide bonds. The molecule has 0 saturated heterocycles. The van der Waals surface area contributed by atoms with Crippen LogP contribution in [0.3, 0.4) is 0 Å². The lowest BCUT2D eigenvalue weighted by molar-refractivity contribution is -0.129. The maximum Gasteiger partial charge on any atom is 0.387 e. The van der Waals surface area contributed by atoms with Crippen molar-refractivity contribution >= 4 is 11.9 Å². The minimum absolute atomic E-state index is 0.00185. The predicted molar refractivity (Wildman–Crippen MR) is 98.8 cm³/mol. The van der Waals surface area contributed by atoms with Crippen molar-refractivity contribution in [3.63, 3.8) is 0 Å². The number of alkyl halides is 2. The van der Waals surface area contributed by atoms with Crippen molar-refractivity contribution < 1.29 is 22.7 Å². The van der Waals surface area contributed by atoms with Crippen LogP contribution in [0.4, 0.5) is 13.2 Å². The van der Waals surface area contributed by atoms with Crippen molar-refractivity contribution in [3.05, 3.63) is 64.5 Å². The van der Waals surface area contributed by atoms with Crippen LogP contribution < -0.4 is 10.5 Å². The molecule has 8 heteroatoms. The van der Waals surface area contributed by atoms with Crippen LogP contribution in [-0.4, -0.2) is 30.4 Å². The van der Waals surface area contributed by atoms with Gasteiger partial charge in [0.25, 0.3) is 5.91 Å². The fraction of sp³-hybridized carbons (Fsp3) is 0.300. The Morgan fingerprint density at radius 3 is 2.39 bits per heavy atom. The van der Waals surface area contributed by atoms with E-state index in [2.05, 4.69) is 9.73 Å². The van der Waals surface area contributed by atoms with E-state index in [4.69, 9.17) is 5.73 Å². The standard InChI is InChI=1S/C20H20F3N3O2/c1-4-12-10-14(5-7-15(12)21)20(17(27)26(3)19(24)25-20)13-6-8-16(11(2)9-13)28-18(22)23/h5-10,18H,4H2,1-3H3,(H2,24,25)/t20-/m0/s1. The quantitative estimate of drug-likeness (QED) is 0.850. The van der Waals surface area contributed by atoms with Crippen molar-refractivity contribution in [1.82, 2.24) is 4.90 Å². The number of rotatable bonds is 5. The Hall–Kier alpha value is -3.03. The van der Waals surface area contributed by atoms with Gasteiger partial charge in [-0.15, -0.1) is 0 Å². The number of hydrogen-bond acceptors (Lipinski definition) is 4. The lowest BCUT2D eigenvalue weighted by atomic mass is 9.81. The second-order valence-electron chi connectivity index (χ2n) is 6.56. The molecule has 0 bridgehead atoms. The van der Waals surface area contributed by atoms with Gasteiger partial charge < -0.3 is 10.5 Å². The summed E-state index contributed by atoms with van der Waals surface area (Å²) in [7, 11) is 1.49. The van der Waals surface area contributed by atoms with E-state index in [1.54, 1.807) is 26.0 Å². The molecule has 2 aromatic carbocycles. The van der Waals surface area contributed by atoms with E-state index in [0.717, 1.165) is 0 Å². The Morgan fingerprint density at radius 2 is 1.86 bits per heavy atom. The number of aliphatic imine (C=N–C) groups is 1. The number of halogens is 3. The number of benzene rings is 2. The number of carbonyl (C=O) groups is 1. The highest BCUT2D eigenvalue weighted by Gasteiger charge is 2.49. The SMILES string of the molecule is CCc1cc([C@]2(c3ccc(OC(F)F)c(C)c3)N=C(N)N(C)C2=O)ccc1F. The van der Waals surface area contributed by atoms with Crippen LogP contribution >= 0.6 is 0 Å². The van der Waals surface area contributed by atoms with Crippen molar-refractivity contribution in [2.75, 3.05) is 7.05 Å². The van der Waals surface area contributed by atoms with Gasteiger partial charge in [0.05, 0.1) is 0 Å². The second kappa shape index (κ2) is 7.18. The molecular weight excluding hydrogens is 371 g/mol. The first-order valence-corrected chi connectivity index (χ1v) is 8.69. The molecule has 148 valence electrons. The van der Waals surface area contributed by atoms with Crippen LogP contribution in [0.1, 0.15) is 29.2 Å². The van der Waals surface area contributed by atoms with E-state index < -0.39 is 18.1 Å². The van der Waals surface area contributed by atoms with Crippen LogP contribution in [-0.2, 0) is 16.8 Å². The molecule has 1 aliphatic rings. The number of aryl methyl sites for hydroxylation is 2. The van der Waals surface area contributed by atoms with E-state index in [1.807, 2.05) is 0 Å². The average molecular weight is 391 g/mol. The zero-order chi connectivity index (χ0) is 20.6. The minimum Gasteiger partial charge on any atom is -0.435 e. The molecule has 2 aromatic rings. The third-order valence-corrected chi connectivity index (χ3v) is 4.89. The summed E-state index contributed by atoms with van der Waals surface area (Å²) >= 11 is 0. The highest BCUT2D eigenvalue weighted by Crippen LogP contribution is 2.41. The first kappa shape index (κ1) is 19.7. The van der Waals surface area contributed by atoms with Gasteiger partial charge >= 0.3 is 6.61 Å². The van der Waals surface area contributed by atoms with Gasteiger partial charge in [-0.3, -0.25) is 9.69 Å². The smallest absolute Gasteiger partial charge is 0.387 e. The van der Waals surface area contributed by atoms with Gasteiger partial charge in [-0.1, -0.05) is 19.1 Å². The summed E-state index contributed by atoms with van der Waals surface area (Å²) in [6.07, 6.45) is 0.430. The fourth-order valence-electron chi connectivity index (χ4n) is 3.36. The topological polar surface area (TPSA) is 67.9 Å². The molecule has 2 N–H and O–H groups in total. The van der Waals surface area contributed by atoms with E-state index in [1.165, 1.54) is 36.2 Å². The first-order valence-electron chi connectivity index (χ1n) is 8.69. The zero-order valence-corrected chi connectivity index (χ0v) is 15.7. The molecule has 0 saturated carbocycles. The number of amides is 1. The Balaban J connectivity index is 2.23. The van der Waals surface area contributed by atoms with Crippen LogP contribution in [0, 0.1) is 12.7 Å². The first-order chi connectivity index (χ1) is 13.2. The van der Waals surface area contributed by atoms with Gasteiger partial charge in [-0.2, -0.15) is 8.78 Å². The van der Waals surface area contributed by atoms with Gasteiger partial charge in [0, 0.05) is 7.05 Å². The van der Waals surface area contributed by atoms with Crippen LogP contribution in [0.15, 0.2) is 41.4 Å². The number of nitrogens with zero attached hydrogens (tertiary/aromatic N) is 2. The van der Waals surface area contributed by atoms with Crippen molar-refractivity contribution in [2.24, 2.45) is 10.7 Å². The molecule has 3 rings (SSSR count). The highest BCUT2D eigenvalue weighted by atomic mass is 19.3. The summed E-state index contributed by atoms with van der Waals surface area (Å²) < 4.78 is 43.7. The molecule has 0 unspecified atom stereocenters. The number of hydrogen-bond donors (Lipinski definition) is 1. The number of carbonyl (C=O) groups excluding carboxylic acids is 1. The second-order valence-corrected chi connectivity index (χ2v) is 6.56. The normalized spacial score (nSPS) is 19.3. The van der Waals surface area contributed by atoms with E-state index in [-0.39, 0.29) is 17.5 Å². The van der Waals surface area contributed by atoms with Gasteiger partial charge in [0.1, 0.15) is 11.6 Å². The summed E-state index contributed by atoms with van der Waals surface area (Å²) in [6.45, 7) is 0.429. The third kappa shape index (κ3) is 3.08. The van der Waals surface area contributed by atoms with Crippen molar-refractivity contribution in [3.8, 4) is 5.75 Å². The highest BCUT2D eigenvalue weighted by molar-refractivity contribution is 6.08.